The summed E-state index contributed by atoms with van der Waals surface area (Å²) in [6.45, 7) is 3.05. The minimum Gasteiger partial charge on any atom is -0.393 e. The van der Waals surface area contributed by atoms with Gasteiger partial charge in [0.25, 0.3) is 0 Å². The van der Waals surface area contributed by atoms with Crippen LogP contribution in [0.25, 0.3) is 0 Å². The normalized spacial score (nSPS) is 18.2. The van der Waals surface area contributed by atoms with Crippen molar-refractivity contribution in [1.29, 1.82) is 0 Å². The van der Waals surface area contributed by atoms with E-state index in [9.17, 15) is 23.4 Å². The molecule has 0 bridgehead atoms. The van der Waals surface area contributed by atoms with Gasteiger partial charge in [-0.1, -0.05) is 6.92 Å². The zero-order chi connectivity index (χ0) is 12.8. The van der Waals surface area contributed by atoms with E-state index in [2.05, 4.69) is 4.74 Å². The lowest BCUT2D eigenvalue weighted by molar-refractivity contribution is -0.342. The van der Waals surface area contributed by atoms with Crippen LogP contribution in [-0.2, 0) is 4.74 Å². The summed E-state index contributed by atoms with van der Waals surface area (Å²) in [5, 5.41) is 18.6. The fourth-order valence-electron chi connectivity index (χ4n) is 1.37. The summed E-state index contributed by atoms with van der Waals surface area (Å²) in [5.41, 5.74) is 0. The lowest BCUT2D eigenvalue weighted by Gasteiger charge is -2.19. The van der Waals surface area contributed by atoms with E-state index >= 15 is 0 Å². The quantitative estimate of drug-likeness (QED) is 0.722. The molecule has 0 amide bonds. The number of halogens is 3. The molecule has 16 heavy (non-hydrogen) atoms. The molecule has 3 atom stereocenters. The summed E-state index contributed by atoms with van der Waals surface area (Å²) in [5.74, 6) is 0. The van der Waals surface area contributed by atoms with Gasteiger partial charge in [-0.15, -0.1) is 13.2 Å². The fourth-order valence-corrected chi connectivity index (χ4v) is 1.37. The number of hydrogen-bond acceptors (Lipinski definition) is 3. The van der Waals surface area contributed by atoms with Crippen molar-refractivity contribution in [2.24, 2.45) is 0 Å². The van der Waals surface area contributed by atoms with E-state index in [1.54, 1.807) is 6.92 Å². The predicted octanol–water partition coefficient (Wildman–Crippen LogP) is 2.21. The van der Waals surface area contributed by atoms with E-state index in [1.165, 1.54) is 6.92 Å². The van der Waals surface area contributed by atoms with Crippen molar-refractivity contribution in [3.8, 4) is 0 Å². The molecule has 0 aromatic carbocycles. The molecular formula is C10H19F3O3. The Morgan fingerprint density at radius 1 is 1.12 bits per heavy atom. The molecule has 0 aliphatic rings. The number of rotatable bonds is 7. The second kappa shape index (κ2) is 7.09. The molecule has 0 aliphatic heterocycles. The molecule has 0 spiro atoms. The molecule has 0 heterocycles. The number of hydrogen-bond donors (Lipinski definition) is 2. The first-order valence-electron chi connectivity index (χ1n) is 5.35. The minimum atomic E-state index is -4.66. The van der Waals surface area contributed by atoms with Crippen LogP contribution >= 0.6 is 0 Å². The van der Waals surface area contributed by atoms with Crippen molar-refractivity contribution < 1.29 is 28.1 Å². The van der Waals surface area contributed by atoms with E-state index in [0.717, 1.165) is 0 Å². The maximum absolute atomic E-state index is 11.8. The summed E-state index contributed by atoms with van der Waals surface area (Å²) >= 11 is 0. The van der Waals surface area contributed by atoms with Crippen molar-refractivity contribution in [1.82, 2.24) is 0 Å². The van der Waals surface area contributed by atoms with Crippen LogP contribution in [0.5, 0.6) is 0 Å². The topological polar surface area (TPSA) is 49.7 Å². The maximum atomic E-state index is 11.8. The molecule has 0 radical (unpaired) electrons. The lowest BCUT2D eigenvalue weighted by atomic mass is 10.0. The third-order valence-electron chi connectivity index (χ3n) is 2.24. The Morgan fingerprint density at radius 2 is 1.62 bits per heavy atom. The number of aliphatic hydroxyl groups excluding tert-OH is 2. The van der Waals surface area contributed by atoms with Crippen LogP contribution in [0.3, 0.4) is 0 Å². The van der Waals surface area contributed by atoms with Gasteiger partial charge in [-0.3, -0.25) is 4.74 Å². The van der Waals surface area contributed by atoms with Crippen LogP contribution < -0.4 is 0 Å². The highest BCUT2D eigenvalue weighted by molar-refractivity contribution is 4.64. The van der Waals surface area contributed by atoms with Crippen molar-refractivity contribution in [2.75, 3.05) is 0 Å². The number of alkyl halides is 3. The first kappa shape index (κ1) is 15.7. The standard InChI is InChI=1S/C10H19F3O3/c1-3-8(14)4-5-9(15)6-7(2)16-10(11,12)13/h7-9,14-15H,3-6H2,1-2H3. The molecule has 0 fully saturated rings. The van der Waals surface area contributed by atoms with Gasteiger partial charge < -0.3 is 10.2 Å². The third-order valence-corrected chi connectivity index (χ3v) is 2.24. The number of ether oxygens (including phenoxy) is 1. The van der Waals surface area contributed by atoms with Crippen LogP contribution in [-0.4, -0.2) is 34.9 Å². The Hall–Kier alpha value is -0.330. The summed E-state index contributed by atoms with van der Waals surface area (Å²) < 4.78 is 39.1. The van der Waals surface area contributed by atoms with E-state index in [4.69, 9.17) is 0 Å². The van der Waals surface area contributed by atoms with E-state index in [0.29, 0.717) is 12.8 Å². The molecule has 2 N–H and O–H groups in total. The van der Waals surface area contributed by atoms with E-state index in [1.807, 2.05) is 0 Å². The molecule has 3 unspecified atom stereocenters. The summed E-state index contributed by atoms with van der Waals surface area (Å²) in [4.78, 5) is 0. The van der Waals surface area contributed by atoms with Gasteiger partial charge in [-0.2, -0.15) is 0 Å². The van der Waals surface area contributed by atoms with Gasteiger partial charge in [0.05, 0.1) is 18.3 Å². The van der Waals surface area contributed by atoms with Crippen molar-refractivity contribution in [3.05, 3.63) is 0 Å². The largest absolute Gasteiger partial charge is 0.522 e. The van der Waals surface area contributed by atoms with Crippen molar-refractivity contribution in [2.45, 2.75) is 64.2 Å². The van der Waals surface area contributed by atoms with Crippen LogP contribution in [0.4, 0.5) is 13.2 Å². The zero-order valence-electron chi connectivity index (χ0n) is 9.50. The fraction of sp³-hybridized carbons (Fsp3) is 1.00. The molecule has 0 saturated carbocycles. The van der Waals surface area contributed by atoms with Gasteiger partial charge >= 0.3 is 6.36 Å². The molecule has 6 heteroatoms. The van der Waals surface area contributed by atoms with Gasteiger partial charge in [-0.25, -0.2) is 0 Å². The molecule has 0 saturated heterocycles. The Labute approximate surface area is 93.2 Å². The first-order valence-corrected chi connectivity index (χ1v) is 5.35. The SMILES string of the molecule is CCC(O)CCC(O)CC(C)OC(F)(F)F. The average molecular weight is 244 g/mol. The maximum Gasteiger partial charge on any atom is 0.522 e. The second-order valence-electron chi connectivity index (χ2n) is 3.90. The summed E-state index contributed by atoms with van der Waals surface area (Å²) in [6, 6.07) is 0. The second-order valence-corrected chi connectivity index (χ2v) is 3.90. The third kappa shape index (κ3) is 8.94. The Morgan fingerprint density at radius 3 is 2.06 bits per heavy atom. The molecule has 3 nitrogen and oxygen atoms in total. The summed E-state index contributed by atoms with van der Waals surface area (Å²) in [7, 11) is 0. The Bertz CT molecular complexity index is 185. The smallest absolute Gasteiger partial charge is 0.393 e. The van der Waals surface area contributed by atoms with E-state index < -0.39 is 24.7 Å². The highest BCUT2D eigenvalue weighted by Crippen LogP contribution is 2.21. The Kier molecular flexibility index (Phi) is 6.94. The molecule has 0 aromatic rings. The molecule has 98 valence electrons. The zero-order valence-corrected chi connectivity index (χ0v) is 9.50. The van der Waals surface area contributed by atoms with Crippen LogP contribution in [0.2, 0.25) is 0 Å². The predicted molar refractivity (Wildman–Crippen MR) is 52.8 cm³/mol. The van der Waals surface area contributed by atoms with Crippen molar-refractivity contribution in [3.63, 3.8) is 0 Å². The van der Waals surface area contributed by atoms with Gasteiger partial charge in [0.15, 0.2) is 0 Å². The van der Waals surface area contributed by atoms with Crippen LogP contribution in [0.15, 0.2) is 0 Å². The summed E-state index contributed by atoms with van der Waals surface area (Å²) in [6.07, 6.45) is -5.98. The highest BCUT2D eigenvalue weighted by atomic mass is 19.4. The average Bonchev–Trinajstić information content (AvgIpc) is 2.10. The lowest BCUT2D eigenvalue weighted by Crippen LogP contribution is -2.26. The number of aliphatic hydroxyl groups is 2. The highest BCUT2D eigenvalue weighted by Gasteiger charge is 2.32. The molecular weight excluding hydrogens is 225 g/mol. The van der Waals surface area contributed by atoms with Gasteiger partial charge in [0, 0.05) is 0 Å². The van der Waals surface area contributed by atoms with Crippen LogP contribution in [0, 0.1) is 0 Å². The molecule has 0 aromatic heterocycles. The van der Waals surface area contributed by atoms with Gasteiger partial charge in [-0.05, 0) is 32.6 Å². The monoisotopic (exact) mass is 244 g/mol. The molecule has 0 rings (SSSR count). The first-order chi connectivity index (χ1) is 7.24. The minimum absolute atomic E-state index is 0.0874. The molecule has 0 aliphatic carbocycles. The van der Waals surface area contributed by atoms with Crippen molar-refractivity contribution >= 4 is 0 Å². The van der Waals surface area contributed by atoms with Gasteiger partial charge in [0.1, 0.15) is 0 Å². The Balaban J connectivity index is 3.74. The van der Waals surface area contributed by atoms with E-state index in [-0.39, 0.29) is 12.8 Å². The van der Waals surface area contributed by atoms with Gasteiger partial charge in [0.2, 0.25) is 0 Å². The van der Waals surface area contributed by atoms with Crippen LogP contribution in [0.1, 0.15) is 39.5 Å².